The van der Waals surface area contributed by atoms with Crippen LogP contribution in [0.3, 0.4) is 0 Å². The molecule has 1 aliphatic heterocycles. The van der Waals surface area contributed by atoms with Crippen LogP contribution in [0.4, 0.5) is 10.1 Å². The van der Waals surface area contributed by atoms with Gasteiger partial charge in [0, 0.05) is 36.7 Å². The highest BCUT2D eigenvalue weighted by molar-refractivity contribution is 9.10. The normalized spacial score (nSPS) is 19.8. The minimum atomic E-state index is -0.466. The van der Waals surface area contributed by atoms with E-state index in [1.807, 2.05) is 6.92 Å². The molecule has 1 heterocycles. The predicted molar refractivity (Wildman–Crippen MR) is 101 cm³/mol. The Morgan fingerprint density at radius 2 is 1.96 bits per heavy atom. The van der Waals surface area contributed by atoms with Gasteiger partial charge in [-0.05, 0) is 38.0 Å². The number of carbonyl (C=O) groups excluding carboxylic acids is 2. The zero-order valence-electron chi connectivity index (χ0n) is 14.8. The average molecular weight is 427 g/mol. The Morgan fingerprint density at radius 3 is 2.58 bits per heavy atom. The van der Waals surface area contributed by atoms with Gasteiger partial charge in [-0.2, -0.15) is 0 Å². The van der Waals surface area contributed by atoms with Crippen LogP contribution in [0.15, 0.2) is 22.7 Å². The summed E-state index contributed by atoms with van der Waals surface area (Å²) < 4.78 is 14.5. The van der Waals surface area contributed by atoms with Gasteiger partial charge in [-0.25, -0.2) is 4.39 Å². The number of piperazine rings is 1. The molecule has 2 amide bonds. The Labute approximate surface area is 161 Å². The van der Waals surface area contributed by atoms with Crippen LogP contribution in [0.2, 0.25) is 0 Å². The van der Waals surface area contributed by atoms with Crippen LogP contribution in [0, 0.1) is 5.82 Å². The molecule has 2 aliphatic rings. The van der Waals surface area contributed by atoms with Gasteiger partial charge in [-0.15, -0.1) is 0 Å². The van der Waals surface area contributed by atoms with Crippen LogP contribution in [0.5, 0.6) is 0 Å². The summed E-state index contributed by atoms with van der Waals surface area (Å²) >= 11 is 3.20. The fourth-order valence-corrected chi connectivity index (χ4v) is 3.34. The van der Waals surface area contributed by atoms with Gasteiger partial charge < -0.3 is 10.6 Å². The molecular weight excluding hydrogens is 403 g/mol. The molecule has 1 aromatic rings. The fraction of sp³-hybridized carbons (Fsp3) is 0.556. The van der Waals surface area contributed by atoms with Crippen molar-refractivity contribution in [2.75, 3.05) is 38.0 Å². The first kappa shape index (κ1) is 19.3. The minimum absolute atomic E-state index is 0.0810. The fourth-order valence-electron chi connectivity index (χ4n) is 3.01. The van der Waals surface area contributed by atoms with Gasteiger partial charge in [0.25, 0.3) is 0 Å². The van der Waals surface area contributed by atoms with Crippen molar-refractivity contribution in [3.8, 4) is 0 Å². The molecule has 3 rings (SSSR count). The number of amides is 2. The second kappa shape index (κ2) is 8.45. The number of carbonyl (C=O) groups is 2. The van der Waals surface area contributed by atoms with Crippen molar-refractivity contribution < 1.29 is 14.0 Å². The lowest BCUT2D eigenvalue weighted by Crippen LogP contribution is -2.54. The molecule has 1 atom stereocenters. The third-order valence-corrected chi connectivity index (χ3v) is 5.33. The van der Waals surface area contributed by atoms with Crippen molar-refractivity contribution in [3.63, 3.8) is 0 Å². The van der Waals surface area contributed by atoms with E-state index >= 15 is 0 Å². The molecule has 142 valence electrons. The topological polar surface area (TPSA) is 64.7 Å². The molecule has 0 aromatic heterocycles. The van der Waals surface area contributed by atoms with Crippen molar-refractivity contribution in [2.24, 2.45) is 0 Å². The molecule has 0 bridgehead atoms. The van der Waals surface area contributed by atoms with Crippen molar-refractivity contribution in [1.82, 2.24) is 15.1 Å². The Hall–Kier alpha value is -1.51. The van der Waals surface area contributed by atoms with Crippen LogP contribution in [0.1, 0.15) is 19.8 Å². The molecule has 1 saturated heterocycles. The van der Waals surface area contributed by atoms with Gasteiger partial charge in [0.15, 0.2) is 0 Å². The summed E-state index contributed by atoms with van der Waals surface area (Å²) in [7, 11) is 0. The Balaban J connectivity index is 1.45. The summed E-state index contributed by atoms with van der Waals surface area (Å²) in [6.07, 6.45) is 2.18. The standard InChI is InChI=1S/C18H24BrFN4O2/c1-12(18(26)22-16-5-2-13(19)10-15(16)20)24-8-6-23(7-9-24)11-17(25)21-14-3-4-14/h2,5,10,12,14H,3-4,6-9,11H2,1H3,(H,21,25)(H,22,26). The first-order valence-electron chi connectivity index (χ1n) is 8.94. The van der Waals surface area contributed by atoms with E-state index in [4.69, 9.17) is 0 Å². The smallest absolute Gasteiger partial charge is 0.241 e. The van der Waals surface area contributed by atoms with E-state index in [-0.39, 0.29) is 23.5 Å². The van der Waals surface area contributed by atoms with Crippen LogP contribution in [-0.4, -0.2) is 66.4 Å². The molecule has 0 spiro atoms. The summed E-state index contributed by atoms with van der Waals surface area (Å²) in [4.78, 5) is 28.5. The monoisotopic (exact) mass is 426 g/mol. The highest BCUT2D eigenvalue weighted by Gasteiger charge is 2.28. The molecular formula is C18H24BrFN4O2. The Kier molecular flexibility index (Phi) is 6.26. The molecule has 1 unspecified atom stereocenters. The summed E-state index contributed by atoms with van der Waals surface area (Å²) in [6.45, 7) is 5.11. The number of hydrogen-bond acceptors (Lipinski definition) is 4. The van der Waals surface area contributed by atoms with E-state index < -0.39 is 5.82 Å². The van der Waals surface area contributed by atoms with Crippen molar-refractivity contribution in [1.29, 1.82) is 0 Å². The van der Waals surface area contributed by atoms with Gasteiger partial charge >= 0.3 is 0 Å². The molecule has 0 radical (unpaired) electrons. The van der Waals surface area contributed by atoms with E-state index in [1.165, 1.54) is 6.07 Å². The van der Waals surface area contributed by atoms with Crippen LogP contribution in [0.25, 0.3) is 0 Å². The largest absolute Gasteiger partial charge is 0.352 e. The van der Waals surface area contributed by atoms with Crippen LogP contribution >= 0.6 is 15.9 Å². The molecule has 1 aromatic carbocycles. The number of anilines is 1. The molecule has 26 heavy (non-hydrogen) atoms. The number of benzene rings is 1. The highest BCUT2D eigenvalue weighted by atomic mass is 79.9. The third kappa shape index (κ3) is 5.25. The maximum atomic E-state index is 13.9. The molecule has 8 heteroatoms. The summed E-state index contributed by atoms with van der Waals surface area (Å²) in [5, 5.41) is 5.64. The van der Waals surface area contributed by atoms with Crippen molar-refractivity contribution >= 4 is 33.4 Å². The van der Waals surface area contributed by atoms with E-state index in [9.17, 15) is 14.0 Å². The van der Waals surface area contributed by atoms with Gasteiger partial charge in [-0.1, -0.05) is 15.9 Å². The van der Waals surface area contributed by atoms with Gasteiger partial charge in [0.1, 0.15) is 5.82 Å². The molecule has 2 fully saturated rings. The van der Waals surface area contributed by atoms with Crippen LogP contribution in [-0.2, 0) is 9.59 Å². The summed E-state index contributed by atoms with van der Waals surface area (Å²) in [5.74, 6) is -0.616. The summed E-state index contributed by atoms with van der Waals surface area (Å²) in [6, 6.07) is 4.58. The SMILES string of the molecule is CC(C(=O)Nc1ccc(Br)cc1F)N1CCN(CC(=O)NC2CC2)CC1. The third-order valence-electron chi connectivity index (χ3n) is 4.83. The zero-order chi connectivity index (χ0) is 18.7. The van der Waals surface area contributed by atoms with Crippen LogP contribution < -0.4 is 10.6 Å². The number of halogens is 2. The van der Waals surface area contributed by atoms with E-state index in [0.29, 0.717) is 30.1 Å². The molecule has 6 nitrogen and oxygen atoms in total. The highest BCUT2D eigenvalue weighted by Crippen LogP contribution is 2.20. The number of rotatable bonds is 6. The number of hydrogen-bond donors (Lipinski definition) is 2. The molecule has 1 saturated carbocycles. The lowest BCUT2D eigenvalue weighted by atomic mass is 10.2. The van der Waals surface area contributed by atoms with Crippen molar-refractivity contribution in [2.45, 2.75) is 31.8 Å². The van der Waals surface area contributed by atoms with E-state index in [0.717, 1.165) is 25.9 Å². The average Bonchev–Trinajstić information content (AvgIpc) is 3.41. The zero-order valence-corrected chi connectivity index (χ0v) is 16.4. The Morgan fingerprint density at radius 1 is 1.27 bits per heavy atom. The molecule has 1 aliphatic carbocycles. The second-order valence-corrected chi connectivity index (χ2v) is 7.86. The Bertz CT molecular complexity index is 675. The molecule has 2 N–H and O–H groups in total. The number of nitrogens with zero attached hydrogens (tertiary/aromatic N) is 2. The van der Waals surface area contributed by atoms with Gasteiger partial charge in [-0.3, -0.25) is 19.4 Å². The minimum Gasteiger partial charge on any atom is -0.352 e. The van der Waals surface area contributed by atoms with Crippen molar-refractivity contribution in [3.05, 3.63) is 28.5 Å². The maximum Gasteiger partial charge on any atom is 0.241 e. The lowest BCUT2D eigenvalue weighted by Gasteiger charge is -2.37. The van der Waals surface area contributed by atoms with Gasteiger partial charge in [0.2, 0.25) is 11.8 Å². The lowest BCUT2D eigenvalue weighted by molar-refractivity contribution is -0.124. The second-order valence-electron chi connectivity index (χ2n) is 6.94. The quantitative estimate of drug-likeness (QED) is 0.727. The predicted octanol–water partition coefficient (Wildman–Crippen LogP) is 1.81. The van der Waals surface area contributed by atoms with E-state index in [2.05, 4.69) is 36.4 Å². The van der Waals surface area contributed by atoms with Gasteiger partial charge in [0.05, 0.1) is 18.3 Å². The first-order valence-corrected chi connectivity index (χ1v) is 9.73. The van der Waals surface area contributed by atoms with E-state index in [1.54, 1.807) is 12.1 Å². The summed E-state index contributed by atoms with van der Waals surface area (Å²) in [5.41, 5.74) is 0.181. The number of nitrogens with one attached hydrogen (secondary N) is 2. The maximum absolute atomic E-state index is 13.9. The first-order chi connectivity index (χ1) is 12.4.